The molecular weight excluding hydrogens is 338 g/mol. The summed E-state index contributed by atoms with van der Waals surface area (Å²) >= 11 is 6.00. The van der Waals surface area contributed by atoms with Crippen molar-refractivity contribution < 1.29 is 4.79 Å². The summed E-state index contributed by atoms with van der Waals surface area (Å²) < 4.78 is 1.77. The molecule has 25 heavy (non-hydrogen) atoms. The quantitative estimate of drug-likeness (QED) is 0.911. The molecule has 1 aliphatic heterocycles. The number of amides is 1. The molecule has 1 aliphatic carbocycles. The van der Waals surface area contributed by atoms with Gasteiger partial charge in [0, 0.05) is 37.4 Å². The average molecular weight is 360 g/mol. The molecule has 2 fully saturated rings. The SMILES string of the molecule is O=C(NC1CCC1)C1CCN(c2cnccc2-n2cc(Cl)cn2)CC1. The fourth-order valence-corrected chi connectivity index (χ4v) is 3.64. The van der Waals surface area contributed by atoms with E-state index in [1.807, 2.05) is 12.3 Å². The third-order valence-electron chi connectivity index (χ3n) is 5.23. The first-order valence-corrected chi connectivity index (χ1v) is 9.28. The van der Waals surface area contributed by atoms with Gasteiger partial charge in [-0.1, -0.05) is 11.6 Å². The summed E-state index contributed by atoms with van der Waals surface area (Å²) in [6.07, 6.45) is 12.3. The maximum atomic E-state index is 12.4. The van der Waals surface area contributed by atoms with Crippen LogP contribution in [-0.2, 0) is 4.79 Å². The van der Waals surface area contributed by atoms with Crippen LogP contribution in [0, 0.1) is 5.92 Å². The van der Waals surface area contributed by atoms with Crippen LogP contribution in [-0.4, -0.2) is 39.8 Å². The van der Waals surface area contributed by atoms with Crippen LogP contribution in [0.4, 0.5) is 5.69 Å². The molecule has 2 aliphatic rings. The van der Waals surface area contributed by atoms with Crippen LogP contribution in [0.15, 0.2) is 30.9 Å². The number of hydrogen-bond acceptors (Lipinski definition) is 4. The summed E-state index contributed by atoms with van der Waals surface area (Å²) in [7, 11) is 0. The fraction of sp³-hybridized carbons (Fsp3) is 0.500. The molecule has 0 spiro atoms. The summed E-state index contributed by atoms with van der Waals surface area (Å²) in [5, 5.41) is 8.09. The molecule has 0 atom stereocenters. The van der Waals surface area contributed by atoms with Gasteiger partial charge in [0.05, 0.1) is 28.8 Å². The lowest BCUT2D eigenvalue weighted by molar-refractivity contribution is -0.126. The molecule has 0 radical (unpaired) electrons. The molecule has 1 saturated heterocycles. The number of hydrogen-bond donors (Lipinski definition) is 1. The van der Waals surface area contributed by atoms with E-state index in [9.17, 15) is 4.79 Å². The van der Waals surface area contributed by atoms with Crippen molar-refractivity contribution in [2.45, 2.75) is 38.1 Å². The Bertz CT molecular complexity index is 749. The van der Waals surface area contributed by atoms with Gasteiger partial charge in [-0.15, -0.1) is 0 Å². The molecule has 0 aromatic carbocycles. The molecule has 6 nitrogen and oxygen atoms in total. The molecule has 1 amide bonds. The first-order valence-electron chi connectivity index (χ1n) is 8.90. The van der Waals surface area contributed by atoms with Crippen LogP contribution < -0.4 is 10.2 Å². The number of nitrogens with one attached hydrogen (secondary N) is 1. The van der Waals surface area contributed by atoms with Gasteiger partial charge < -0.3 is 10.2 Å². The van der Waals surface area contributed by atoms with E-state index in [1.165, 1.54) is 6.42 Å². The van der Waals surface area contributed by atoms with Gasteiger partial charge in [-0.25, -0.2) is 4.68 Å². The smallest absolute Gasteiger partial charge is 0.223 e. The van der Waals surface area contributed by atoms with Gasteiger partial charge >= 0.3 is 0 Å². The van der Waals surface area contributed by atoms with Crippen molar-refractivity contribution in [2.24, 2.45) is 5.92 Å². The summed E-state index contributed by atoms with van der Waals surface area (Å²) in [5.41, 5.74) is 1.99. The molecule has 132 valence electrons. The highest BCUT2D eigenvalue weighted by atomic mass is 35.5. The van der Waals surface area contributed by atoms with E-state index < -0.39 is 0 Å². The zero-order chi connectivity index (χ0) is 17.2. The number of halogens is 1. The van der Waals surface area contributed by atoms with Crippen LogP contribution >= 0.6 is 11.6 Å². The zero-order valence-electron chi connectivity index (χ0n) is 14.1. The lowest BCUT2D eigenvalue weighted by Gasteiger charge is -2.35. The molecule has 2 aromatic rings. The molecule has 0 bridgehead atoms. The first kappa shape index (κ1) is 16.4. The van der Waals surface area contributed by atoms with Gasteiger partial charge in [-0.05, 0) is 38.2 Å². The lowest BCUT2D eigenvalue weighted by Crippen LogP contribution is -2.46. The van der Waals surface area contributed by atoms with Crippen LogP contribution in [0.25, 0.3) is 5.69 Å². The predicted molar refractivity (Wildman–Crippen MR) is 97.1 cm³/mol. The van der Waals surface area contributed by atoms with E-state index >= 15 is 0 Å². The number of carbonyl (C=O) groups excluding carboxylic acids is 1. The van der Waals surface area contributed by atoms with Crippen LogP contribution in [0.1, 0.15) is 32.1 Å². The third-order valence-corrected chi connectivity index (χ3v) is 5.43. The van der Waals surface area contributed by atoms with Crippen molar-refractivity contribution in [3.05, 3.63) is 35.9 Å². The first-order chi connectivity index (χ1) is 12.2. The molecule has 1 saturated carbocycles. The maximum absolute atomic E-state index is 12.4. The fourth-order valence-electron chi connectivity index (χ4n) is 3.50. The van der Waals surface area contributed by atoms with E-state index in [1.54, 1.807) is 23.3 Å². The Balaban J connectivity index is 1.43. The van der Waals surface area contributed by atoms with Gasteiger partial charge in [0.2, 0.25) is 5.91 Å². The second kappa shape index (κ2) is 7.04. The van der Waals surface area contributed by atoms with E-state index in [0.29, 0.717) is 11.1 Å². The maximum Gasteiger partial charge on any atom is 0.223 e. The molecule has 7 heteroatoms. The zero-order valence-corrected chi connectivity index (χ0v) is 14.8. The third kappa shape index (κ3) is 3.49. The van der Waals surface area contributed by atoms with Crippen LogP contribution in [0.5, 0.6) is 0 Å². The number of rotatable bonds is 4. The summed E-state index contributed by atoms with van der Waals surface area (Å²) in [4.78, 5) is 18.9. The predicted octanol–water partition coefficient (Wildman–Crippen LogP) is 2.81. The van der Waals surface area contributed by atoms with Crippen molar-refractivity contribution in [1.82, 2.24) is 20.1 Å². The number of carbonyl (C=O) groups is 1. The number of pyridine rings is 1. The standard InChI is InChI=1S/C18H22ClN5O/c19-14-10-21-24(12-14)16-4-7-20-11-17(16)23-8-5-13(6-9-23)18(25)22-15-2-1-3-15/h4,7,10-13,15H,1-3,5-6,8-9H2,(H,22,25). The van der Waals surface area contributed by atoms with Gasteiger partial charge in [0.1, 0.15) is 0 Å². The second-order valence-corrected chi connectivity index (χ2v) is 7.30. The highest BCUT2D eigenvalue weighted by Crippen LogP contribution is 2.29. The van der Waals surface area contributed by atoms with Gasteiger partial charge in [-0.2, -0.15) is 5.10 Å². The van der Waals surface area contributed by atoms with E-state index in [0.717, 1.165) is 50.1 Å². The van der Waals surface area contributed by atoms with Gasteiger partial charge in [-0.3, -0.25) is 9.78 Å². The lowest BCUT2D eigenvalue weighted by atomic mass is 9.90. The topological polar surface area (TPSA) is 63.1 Å². The van der Waals surface area contributed by atoms with Crippen molar-refractivity contribution in [3.8, 4) is 5.69 Å². The Morgan fingerprint density at radius 2 is 1.96 bits per heavy atom. The van der Waals surface area contributed by atoms with E-state index in [-0.39, 0.29) is 11.8 Å². The molecule has 3 heterocycles. The molecular formula is C18H22ClN5O. The highest BCUT2D eigenvalue weighted by molar-refractivity contribution is 6.30. The monoisotopic (exact) mass is 359 g/mol. The Morgan fingerprint density at radius 1 is 1.16 bits per heavy atom. The minimum absolute atomic E-state index is 0.121. The summed E-state index contributed by atoms with van der Waals surface area (Å²) in [6.45, 7) is 1.69. The number of aromatic nitrogens is 3. The molecule has 0 unspecified atom stereocenters. The summed E-state index contributed by atoms with van der Waals surface area (Å²) in [6, 6.07) is 2.36. The minimum Gasteiger partial charge on any atom is -0.368 e. The second-order valence-electron chi connectivity index (χ2n) is 6.87. The van der Waals surface area contributed by atoms with Crippen molar-refractivity contribution in [3.63, 3.8) is 0 Å². The molecule has 2 aromatic heterocycles. The molecule has 1 N–H and O–H groups in total. The Morgan fingerprint density at radius 3 is 2.60 bits per heavy atom. The molecule has 4 rings (SSSR count). The van der Waals surface area contributed by atoms with Crippen LogP contribution in [0.2, 0.25) is 5.02 Å². The van der Waals surface area contributed by atoms with Crippen molar-refractivity contribution in [1.29, 1.82) is 0 Å². The highest BCUT2D eigenvalue weighted by Gasteiger charge is 2.29. The Labute approximate surface area is 152 Å². The normalized spacial score (nSPS) is 18.8. The largest absolute Gasteiger partial charge is 0.368 e. The minimum atomic E-state index is 0.121. The Kier molecular flexibility index (Phi) is 4.61. The average Bonchev–Trinajstić information content (AvgIpc) is 3.04. The van der Waals surface area contributed by atoms with E-state index in [2.05, 4.69) is 20.3 Å². The number of nitrogens with zero attached hydrogens (tertiary/aromatic N) is 4. The van der Waals surface area contributed by atoms with Crippen molar-refractivity contribution in [2.75, 3.05) is 18.0 Å². The number of anilines is 1. The Hall–Kier alpha value is -2.08. The van der Waals surface area contributed by atoms with E-state index in [4.69, 9.17) is 11.6 Å². The summed E-state index contributed by atoms with van der Waals surface area (Å²) in [5.74, 6) is 0.353. The van der Waals surface area contributed by atoms with Gasteiger partial charge in [0.25, 0.3) is 0 Å². The van der Waals surface area contributed by atoms with Crippen LogP contribution in [0.3, 0.4) is 0 Å². The van der Waals surface area contributed by atoms with Crippen molar-refractivity contribution >= 4 is 23.2 Å². The van der Waals surface area contributed by atoms with Gasteiger partial charge in [0.15, 0.2) is 0 Å². The number of piperidine rings is 1.